The van der Waals surface area contributed by atoms with Gasteiger partial charge >= 0.3 is 0 Å². The molecule has 2 aromatic carbocycles. The second kappa shape index (κ2) is 12.3. The van der Waals surface area contributed by atoms with Crippen LogP contribution >= 0.6 is 24.8 Å². The van der Waals surface area contributed by atoms with Gasteiger partial charge in [0.1, 0.15) is 11.4 Å². The Balaban J connectivity index is 0.00000181. The molecule has 0 saturated heterocycles. The standard InChI is InChI=1S/C25H31N3O2.2ClH/c26-15-17-6-8-18(9-7-17)16-30-24(19-4-2-1-3-5-19)14-22-20-12-13-29-23(20)11-10-21(22)25(27)28;;/h1-5,10-13,17-18,24H,6-9,14-16,26H2,(H3,27,28);2*1H. The molecule has 0 radical (unpaired) electrons. The first-order valence-corrected chi connectivity index (χ1v) is 10.9. The van der Waals surface area contributed by atoms with E-state index >= 15 is 0 Å². The molecule has 4 rings (SSSR count). The van der Waals surface area contributed by atoms with E-state index in [2.05, 4.69) is 12.1 Å². The van der Waals surface area contributed by atoms with Crippen LogP contribution in [0, 0.1) is 17.2 Å². The number of nitrogen functional groups attached to an aromatic ring is 1. The van der Waals surface area contributed by atoms with E-state index in [0.29, 0.717) is 18.3 Å². The molecule has 1 saturated carbocycles. The number of fused-ring (bicyclic) bond motifs is 1. The lowest BCUT2D eigenvalue weighted by Gasteiger charge is -2.29. The molecule has 174 valence electrons. The van der Waals surface area contributed by atoms with E-state index in [4.69, 9.17) is 26.0 Å². The average molecular weight is 478 g/mol. The van der Waals surface area contributed by atoms with Crippen LogP contribution in [0.15, 0.2) is 59.2 Å². The third-order valence-corrected chi connectivity index (χ3v) is 6.43. The second-order valence-corrected chi connectivity index (χ2v) is 8.40. The van der Waals surface area contributed by atoms with Gasteiger partial charge in [0.15, 0.2) is 0 Å². The van der Waals surface area contributed by atoms with Crippen LogP contribution in [0.3, 0.4) is 0 Å². The molecule has 3 aromatic rings. The minimum absolute atomic E-state index is 0. The third kappa shape index (κ3) is 6.04. The normalized spacial score (nSPS) is 19.0. The van der Waals surface area contributed by atoms with Crippen molar-refractivity contribution in [2.24, 2.45) is 23.3 Å². The van der Waals surface area contributed by atoms with Crippen molar-refractivity contribution in [3.05, 3.63) is 71.5 Å². The number of hydrogen-bond acceptors (Lipinski definition) is 4. The highest BCUT2D eigenvalue weighted by atomic mass is 35.5. The minimum atomic E-state index is -0.1000. The minimum Gasteiger partial charge on any atom is -0.464 e. The summed E-state index contributed by atoms with van der Waals surface area (Å²) in [5, 5.41) is 9.05. The molecular weight excluding hydrogens is 445 g/mol. The maximum Gasteiger partial charge on any atom is 0.134 e. The van der Waals surface area contributed by atoms with Crippen molar-refractivity contribution in [3.8, 4) is 0 Å². The molecular formula is C25H33Cl2N3O2. The van der Waals surface area contributed by atoms with Gasteiger partial charge in [-0.1, -0.05) is 30.3 Å². The van der Waals surface area contributed by atoms with Crippen LogP contribution in [-0.2, 0) is 11.2 Å². The molecule has 1 atom stereocenters. The monoisotopic (exact) mass is 477 g/mol. The van der Waals surface area contributed by atoms with Crippen molar-refractivity contribution in [1.82, 2.24) is 0 Å². The molecule has 1 aliphatic rings. The summed E-state index contributed by atoms with van der Waals surface area (Å²) in [5.74, 6) is 1.32. The summed E-state index contributed by atoms with van der Waals surface area (Å²) in [6, 6.07) is 16.0. The Bertz CT molecular complexity index is 985. The van der Waals surface area contributed by atoms with Gasteiger partial charge in [0.2, 0.25) is 0 Å². The molecule has 7 heteroatoms. The van der Waals surface area contributed by atoms with Gasteiger partial charge in [0.05, 0.1) is 19.0 Å². The molecule has 5 N–H and O–H groups in total. The largest absolute Gasteiger partial charge is 0.464 e. The number of amidine groups is 1. The zero-order valence-electron chi connectivity index (χ0n) is 18.2. The van der Waals surface area contributed by atoms with Gasteiger partial charge in [-0.15, -0.1) is 24.8 Å². The van der Waals surface area contributed by atoms with E-state index in [0.717, 1.165) is 40.8 Å². The van der Waals surface area contributed by atoms with Crippen LogP contribution in [0.1, 0.15) is 48.5 Å². The SMILES string of the molecule is Cl.Cl.N=C(N)c1ccc2occc2c1CC(OCC1CCC(CN)CC1)c1ccccc1. The smallest absolute Gasteiger partial charge is 0.134 e. The first-order chi connectivity index (χ1) is 14.7. The number of hydrogen-bond donors (Lipinski definition) is 3. The molecule has 0 bridgehead atoms. The molecule has 1 aromatic heterocycles. The third-order valence-electron chi connectivity index (χ3n) is 6.43. The van der Waals surface area contributed by atoms with Crippen LogP contribution in [0.25, 0.3) is 11.0 Å². The molecule has 1 unspecified atom stereocenters. The predicted octanol–water partition coefficient (Wildman–Crippen LogP) is 5.63. The van der Waals surface area contributed by atoms with Crippen LogP contribution in [0.2, 0.25) is 0 Å². The Hall–Kier alpha value is -2.05. The zero-order valence-corrected chi connectivity index (χ0v) is 19.8. The van der Waals surface area contributed by atoms with E-state index in [-0.39, 0.29) is 36.8 Å². The van der Waals surface area contributed by atoms with Crippen LogP contribution in [0.5, 0.6) is 0 Å². The maximum atomic E-state index is 8.05. The average Bonchev–Trinajstić information content (AvgIpc) is 3.26. The molecule has 0 spiro atoms. The van der Waals surface area contributed by atoms with Crippen molar-refractivity contribution in [3.63, 3.8) is 0 Å². The van der Waals surface area contributed by atoms with Gasteiger partial charge in [-0.25, -0.2) is 0 Å². The lowest BCUT2D eigenvalue weighted by Crippen LogP contribution is -2.24. The van der Waals surface area contributed by atoms with Crippen LogP contribution in [0.4, 0.5) is 0 Å². The second-order valence-electron chi connectivity index (χ2n) is 8.40. The Morgan fingerprint density at radius 1 is 1.00 bits per heavy atom. The van der Waals surface area contributed by atoms with Crippen molar-refractivity contribution < 1.29 is 9.15 Å². The number of nitrogens with two attached hydrogens (primary N) is 2. The number of nitrogens with one attached hydrogen (secondary N) is 1. The quantitative estimate of drug-likeness (QED) is 0.289. The van der Waals surface area contributed by atoms with Crippen molar-refractivity contribution >= 4 is 41.6 Å². The summed E-state index contributed by atoms with van der Waals surface area (Å²) in [6.07, 6.45) is 6.99. The molecule has 1 aliphatic carbocycles. The van der Waals surface area contributed by atoms with E-state index < -0.39 is 0 Å². The Labute approximate surface area is 202 Å². The van der Waals surface area contributed by atoms with Gasteiger partial charge in [-0.05, 0) is 73.4 Å². The summed E-state index contributed by atoms with van der Waals surface area (Å²) in [4.78, 5) is 0. The summed E-state index contributed by atoms with van der Waals surface area (Å²) in [6.45, 7) is 1.54. The summed E-state index contributed by atoms with van der Waals surface area (Å²) < 4.78 is 12.1. The summed E-state index contributed by atoms with van der Waals surface area (Å²) in [5.41, 5.74) is 15.5. The Morgan fingerprint density at radius 3 is 2.34 bits per heavy atom. The first kappa shape index (κ1) is 26.2. The molecule has 0 amide bonds. The van der Waals surface area contributed by atoms with Crippen LogP contribution in [-0.4, -0.2) is 19.0 Å². The van der Waals surface area contributed by atoms with Crippen LogP contribution < -0.4 is 11.5 Å². The number of rotatable bonds is 8. The molecule has 1 fully saturated rings. The fourth-order valence-electron chi connectivity index (χ4n) is 4.59. The highest BCUT2D eigenvalue weighted by Crippen LogP contribution is 2.33. The fraction of sp³-hybridized carbons (Fsp3) is 0.400. The zero-order chi connectivity index (χ0) is 20.9. The van der Waals surface area contributed by atoms with Gasteiger partial charge < -0.3 is 20.6 Å². The lowest BCUT2D eigenvalue weighted by atomic mass is 9.82. The van der Waals surface area contributed by atoms with Gasteiger partial charge in [0, 0.05) is 17.4 Å². The van der Waals surface area contributed by atoms with E-state index in [1.807, 2.05) is 36.4 Å². The van der Waals surface area contributed by atoms with Gasteiger partial charge in [-0.2, -0.15) is 0 Å². The first-order valence-electron chi connectivity index (χ1n) is 10.9. The molecule has 0 aliphatic heterocycles. The van der Waals surface area contributed by atoms with Crippen molar-refractivity contribution in [1.29, 1.82) is 5.41 Å². The van der Waals surface area contributed by atoms with Gasteiger partial charge in [0.25, 0.3) is 0 Å². The molecule has 1 heterocycles. The Kier molecular flexibility index (Phi) is 10.0. The Morgan fingerprint density at radius 2 is 1.69 bits per heavy atom. The van der Waals surface area contributed by atoms with Gasteiger partial charge in [-0.3, -0.25) is 5.41 Å². The molecule has 5 nitrogen and oxygen atoms in total. The number of halogens is 2. The summed E-state index contributed by atoms with van der Waals surface area (Å²) >= 11 is 0. The van der Waals surface area contributed by atoms with E-state index in [9.17, 15) is 0 Å². The highest BCUT2D eigenvalue weighted by Gasteiger charge is 2.24. The number of furan rings is 1. The topological polar surface area (TPSA) is 98.3 Å². The van der Waals surface area contributed by atoms with Crippen molar-refractivity contribution in [2.45, 2.75) is 38.2 Å². The van der Waals surface area contributed by atoms with Crippen molar-refractivity contribution in [2.75, 3.05) is 13.2 Å². The summed E-state index contributed by atoms with van der Waals surface area (Å²) in [7, 11) is 0. The van der Waals surface area contributed by atoms with E-state index in [1.165, 1.54) is 25.7 Å². The molecule has 32 heavy (non-hydrogen) atoms. The predicted molar refractivity (Wildman–Crippen MR) is 135 cm³/mol. The number of ether oxygens (including phenoxy) is 1. The van der Waals surface area contributed by atoms with E-state index in [1.54, 1.807) is 6.26 Å². The maximum absolute atomic E-state index is 8.05. The lowest BCUT2D eigenvalue weighted by molar-refractivity contribution is 0.0165. The highest BCUT2D eigenvalue weighted by molar-refractivity contribution is 6.01. The fourth-order valence-corrected chi connectivity index (χ4v) is 4.59. The number of benzene rings is 2.